The number of nitrogens with one attached hydrogen (secondary N) is 1. The molecule has 1 N–H and O–H groups in total. The molecular formula is C25H33N2O6. The van der Waals surface area contributed by atoms with Crippen molar-refractivity contribution in [1.29, 1.82) is 0 Å². The Labute approximate surface area is 195 Å². The van der Waals surface area contributed by atoms with Gasteiger partial charge >= 0.3 is 0 Å². The number of benzene rings is 2. The lowest BCUT2D eigenvalue weighted by Gasteiger charge is -2.27. The van der Waals surface area contributed by atoms with Crippen molar-refractivity contribution in [2.45, 2.75) is 39.1 Å². The lowest BCUT2D eigenvalue weighted by molar-refractivity contribution is -0.161. The number of hydrogen-bond donors (Lipinski definition) is 1. The Morgan fingerprint density at radius 3 is 2.18 bits per heavy atom. The molecule has 1 radical (unpaired) electrons. The van der Waals surface area contributed by atoms with Crippen molar-refractivity contribution in [3.8, 4) is 11.5 Å². The third kappa shape index (κ3) is 9.93. The van der Waals surface area contributed by atoms with Crippen molar-refractivity contribution in [1.82, 2.24) is 5.32 Å². The maximum absolute atomic E-state index is 12.4. The smallest absolute Gasteiger partial charge is 0.247 e. The minimum absolute atomic E-state index is 0.00263. The molecule has 179 valence electrons. The minimum atomic E-state index is -0.778. The molecule has 0 fully saturated rings. The molecule has 0 spiro atoms. The third-order valence-electron chi connectivity index (χ3n) is 4.40. The van der Waals surface area contributed by atoms with Crippen LogP contribution >= 0.6 is 0 Å². The lowest BCUT2D eigenvalue weighted by atomic mass is 10.1. The van der Waals surface area contributed by atoms with Crippen LogP contribution in [0.4, 0.5) is 5.69 Å². The number of carbonyl (C=O) groups is 2. The maximum atomic E-state index is 12.4. The predicted molar refractivity (Wildman–Crippen MR) is 126 cm³/mol. The van der Waals surface area contributed by atoms with Crippen molar-refractivity contribution in [2.24, 2.45) is 0 Å². The van der Waals surface area contributed by atoms with Crippen LogP contribution in [0, 0.1) is 0 Å². The second kappa shape index (κ2) is 12.8. The average Bonchev–Trinajstić information content (AvgIpc) is 2.77. The Kier molecular flexibility index (Phi) is 10.2. The van der Waals surface area contributed by atoms with Gasteiger partial charge in [-0.25, -0.2) is 5.32 Å². The van der Waals surface area contributed by atoms with Crippen LogP contribution in [0.1, 0.15) is 37.6 Å². The van der Waals surface area contributed by atoms with E-state index in [4.69, 9.17) is 18.9 Å². The summed E-state index contributed by atoms with van der Waals surface area (Å²) in [6, 6.07) is 14.1. The van der Waals surface area contributed by atoms with E-state index < -0.39 is 11.9 Å². The van der Waals surface area contributed by atoms with E-state index in [2.05, 4.69) is 10.6 Å². The van der Waals surface area contributed by atoms with Crippen LogP contribution in [0.15, 0.2) is 48.5 Å². The second-order valence-electron chi connectivity index (χ2n) is 8.28. The topological polar surface area (TPSA) is 97.2 Å². The number of ether oxygens (including phenoxy) is 4. The summed E-state index contributed by atoms with van der Waals surface area (Å²) in [6.07, 6.45) is -0.781. The second-order valence-corrected chi connectivity index (χ2v) is 8.28. The highest BCUT2D eigenvalue weighted by Crippen LogP contribution is 2.21. The van der Waals surface area contributed by atoms with E-state index in [1.165, 1.54) is 0 Å². The van der Waals surface area contributed by atoms with Gasteiger partial charge in [0.1, 0.15) is 11.5 Å². The Hall–Kier alpha value is -3.10. The van der Waals surface area contributed by atoms with E-state index in [0.29, 0.717) is 30.2 Å². The number of methoxy groups -OCH3 is 2. The van der Waals surface area contributed by atoms with Crippen molar-refractivity contribution in [2.75, 3.05) is 39.2 Å². The van der Waals surface area contributed by atoms with Gasteiger partial charge in [0.05, 0.1) is 38.8 Å². The van der Waals surface area contributed by atoms with Crippen molar-refractivity contribution in [3.05, 3.63) is 54.1 Å². The van der Waals surface area contributed by atoms with Gasteiger partial charge in [0, 0.05) is 18.4 Å². The molecule has 8 heteroatoms. The van der Waals surface area contributed by atoms with Gasteiger partial charge in [-0.1, -0.05) is 0 Å². The van der Waals surface area contributed by atoms with Crippen LogP contribution in [0.3, 0.4) is 0 Å². The molecule has 1 amide bonds. The summed E-state index contributed by atoms with van der Waals surface area (Å²) in [7, 11) is 3.14. The number of Topliss-reactive ketones (excluding diaryl/α,β-unsaturated/α-hetero) is 1. The van der Waals surface area contributed by atoms with Crippen LogP contribution in [-0.2, 0) is 14.3 Å². The highest BCUT2D eigenvalue weighted by Gasteiger charge is 2.23. The van der Waals surface area contributed by atoms with Crippen LogP contribution in [0.5, 0.6) is 11.5 Å². The molecule has 0 aromatic heterocycles. The number of nitrogens with zero attached hydrogens (tertiary/aromatic N) is 1. The molecule has 0 aliphatic heterocycles. The fourth-order valence-electron chi connectivity index (χ4n) is 2.83. The van der Waals surface area contributed by atoms with Crippen LogP contribution in [0.25, 0.3) is 0 Å². The summed E-state index contributed by atoms with van der Waals surface area (Å²) in [5.41, 5.74) is 0.870. The monoisotopic (exact) mass is 457 g/mol. The van der Waals surface area contributed by atoms with E-state index >= 15 is 0 Å². The molecular weight excluding hydrogens is 424 g/mol. The summed E-state index contributed by atoms with van der Waals surface area (Å²) < 4.78 is 21.8. The van der Waals surface area contributed by atoms with E-state index in [9.17, 15) is 9.59 Å². The number of hydrogen-bond acceptors (Lipinski definition) is 7. The van der Waals surface area contributed by atoms with Gasteiger partial charge in [0.25, 0.3) is 0 Å². The molecule has 0 aliphatic carbocycles. The molecule has 33 heavy (non-hydrogen) atoms. The first kappa shape index (κ1) is 26.2. The number of anilines is 1. The van der Waals surface area contributed by atoms with Crippen LogP contribution in [0.2, 0.25) is 0 Å². The first-order chi connectivity index (χ1) is 15.7. The van der Waals surface area contributed by atoms with Gasteiger partial charge < -0.3 is 24.3 Å². The van der Waals surface area contributed by atoms with E-state index in [0.717, 1.165) is 5.69 Å². The van der Waals surface area contributed by atoms with E-state index in [1.807, 2.05) is 20.8 Å². The molecule has 1 unspecified atom stereocenters. The zero-order valence-electron chi connectivity index (χ0n) is 19.9. The highest BCUT2D eigenvalue weighted by molar-refractivity contribution is 5.99. The minimum Gasteiger partial charge on any atom is -0.497 e. The molecule has 8 nitrogen and oxygen atoms in total. The predicted octanol–water partition coefficient (Wildman–Crippen LogP) is 3.68. The fourth-order valence-corrected chi connectivity index (χ4v) is 2.83. The van der Waals surface area contributed by atoms with Gasteiger partial charge in [-0.15, -0.1) is 0 Å². The van der Waals surface area contributed by atoms with Gasteiger partial charge in [-0.05, 0) is 69.3 Å². The lowest BCUT2D eigenvalue weighted by Crippen LogP contribution is -2.35. The first-order valence-corrected chi connectivity index (χ1v) is 10.7. The van der Waals surface area contributed by atoms with Gasteiger partial charge in [-0.2, -0.15) is 0 Å². The Morgan fingerprint density at radius 2 is 1.61 bits per heavy atom. The summed E-state index contributed by atoms with van der Waals surface area (Å²) in [4.78, 5) is 24.5. The Morgan fingerprint density at radius 1 is 0.970 bits per heavy atom. The average molecular weight is 458 g/mol. The number of ketones is 1. The van der Waals surface area contributed by atoms with Gasteiger partial charge in [-0.3, -0.25) is 9.59 Å². The van der Waals surface area contributed by atoms with Gasteiger partial charge in [0.15, 0.2) is 5.78 Å². The van der Waals surface area contributed by atoms with Crippen LogP contribution in [-0.4, -0.2) is 57.5 Å². The third-order valence-corrected chi connectivity index (χ3v) is 4.40. The Balaban J connectivity index is 1.91. The summed E-state index contributed by atoms with van der Waals surface area (Å²) in [5, 5.41) is 7.04. The molecule has 0 bridgehead atoms. The summed E-state index contributed by atoms with van der Waals surface area (Å²) in [6.45, 7) is 6.51. The molecule has 2 aromatic carbocycles. The molecule has 0 heterocycles. The number of amides is 1. The van der Waals surface area contributed by atoms with Crippen molar-refractivity contribution >= 4 is 17.4 Å². The summed E-state index contributed by atoms with van der Waals surface area (Å²) >= 11 is 0. The van der Waals surface area contributed by atoms with Crippen molar-refractivity contribution < 1.29 is 28.5 Å². The first-order valence-electron chi connectivity index (χ1n) is 10.7. The number of carbonyl (C=O) groups excluding carboxylic acids is 2. The van der Waals surface area contributed by atoms with Crippen molar-refractivity contribution in [3.63, 3.8) is 0 Å². The SMILES string of the molecule is COCC[N]C(=O)CC(Oc1ccc(NCC(=O)c2ccc(OC)cc2)cc1)OC(C)(C)C. The molecule has 0 saturated carbocycles. The molecule has 1 atom stereocenters. The molecule has 2 rings (SSSR count). The zero-order chi connectivity index (χ0) is 24.3. The van der Waals surface area contributed by atoms with E-state index in [-0.39, 0.29) is 24.7 Å². The molecule has 0 saturated heterocycles. The molecule has 2 aromatic rings. The number of rotatable bonds is 13. The van der Waals surface area contributed by atoms with Gasteiger partial charge in [0.2, 0.25) is 12.2 Å². The van der Waals surface area contributed by atoms with E-state index in [1.54, 1.807) is 62.8 Å². The quantitative estimate of drug-likeness (QED) is 0.278. The maximum Gasteiger partial charge on any atom is 0.247 e. The standard InChI is InChI=1S/C25H33N2O6/c1-25(2,3)33-24(16-23(29)26-14-15-30-4)32-21-12-8-19(9-13-21)27-17-22(28)18-6-10-20(31-5)11-7-18/h6-13,24,27H,14-17H2,1-5H3. The normalized spacial score (nSPS) is 12.0. The largest absolute Gasteiger partial charge is 0.497 e. The highest BCUT2D eigenvalue weighted by atomic mass is 16.7. The molecule has 0 aliphatic rings. The zero-order valence-corrected chi connectivity index (χ0v) is 19.9. The fraction of sp³-hybridized carbons (Fsp3) is 0.440. The Bertz CT molecular complexity index is 875. The summed E-state index contributed by atoms with van der Waals surface area (Å²) in [5.74, 6) is 0.902. The van der Waals surface area contributed by atoms with Crippen LogP contribution < -0.4 is 20.1 Å².